The van der Waals surface area contributed by atoms with Gasteiger partial charge in [0.15, 0.2) is 0 Å². The van der Waals surface area contributed by atoms with Gasteiger partial charge in [0.05, 0.1) is 6.42 Å². The van der Waals surface area contributed by atoms with Gasteiger partial charge in [-0.1, -0.05) is 85.3 Å². The minimum absolute atomic E-state index is 0.0412. The minimum atomic E-state index is -0.769. The molecule has 2 unspecified atom stereocenters. The van der Waals surface area contributed by atoms with Gasteiger partial charge in [-0.15, -0.1) is 0 Å². The second kappa shape index (κ2) is 12.3. The summed E-state index contributed by atoms with van der Waals surface area (Å²) in [5, 5.41) is 3.22. The van der Waals surface area contributed by atoms with Crippen LogP contribution in [0.5, 0.6) is 0 Å². The lowest BCUT2D eigenvalue weighted by atomic mass is 10.0. The highest BCUT2D eigenvalue weighted by Gasteiger charge is 2.31. The summed E-state index contributed by atoms with van der Waals surface area (Å²) in [6.45, 7) is 4.14. The molecule has 3 aromatic carbocycles. The summed E-state index contributed by atoms with van der Waals surface area (Å²) in [4.78, 5) is 28.6. The molecule has 2 atom stereocenters. The number of halogens is 2. The lowest BCUT2D eigenvalue weighted by Crippen LogP contribution is -2.52. The van der Waals surface area contributed by atoms with Gasteiger partial charge >= 0.3 is 0 Å². The summed E-state index contributed by atoms with van der Waals surface area (Å²) in [5.74, 6) is -1.14. The predicted molar refractivity (Wildman–Crippen MR) is 134 cm³/mol. The second-order valence-corrected chi connectivity index (χ2v) is 8.81. The molecular weight excluding hydrogens is 451 g/mol. The molecule has 34 heavy (non-hydrogen) atoms. The number of carbonyl (C=O) groups excluding carboxylic acids is 2. The van der Waals surface area contributed by atoms with Crippen LogP contribution in [0.4, 0.5) is 4.39 Å². The highest BCUT2D eigenvalue weighted by molar-refractivity contribution is 6.31. The maximum absolute atomic E-state index is 14.5. The van der Waals surface area contributed by atoms with Gasteiger partial charge in [-0.25, -0.2) is 4.39 Å². The van der Waals surface area contributed by atoms with E-state index in [-0.39, 0.29) is 41.4 Å². The minimum Gasteiger partial charge on any atom is -0.352 e. The quantitative estimate of drug-likeness (QED) is 0.412. The number of rotatable bonds is 10. The number of carbonyl (C=O) groups is 2. The average Bonchev–Trinajstić information content (AvgIpc) is 2.84. The topological polar surface area (TPSA) is 49.4 Å². The van der Waals surface area contributed by atoms with Crippen LogP contribution < -0.4 is 5.32 Å². The van der Waals surface area contributed by atoms with Crippen molar-refractivity contribution in [1.29, 1.82) is 0 Å². The van der Waals surface area contributed by atoms with Crippen LogP contribution >= 0.6 is 11.6 Å². The fraction of sp³-hybridized carbons (Fsp3) is 0.286. The van der Waals surface area contributed by atoms with Crippen molar-refractivity contribution in [2.24, 2.45) is 0 Å². The maximum atomic E-state index is 14.5. The van der Waals surface area contributed by atoms with Gasteiger partial charge in [0.2, 0.25) is 11.8 Å². The molecule has 0 fully saturated rings. The van der Waals surface area contributed by atoms with Gasteiger partial charge in [-0.3, -0.25) is 9.59 Å². The summed E-state index contributed by atoms with van der Waals surface area (Å²) < 4.78 is 14.5. The summed E-state index contributed by atoms with van der Waals surface area (Å²) in [5.41, 5.74) is 1.94. The van der Waals surface area contributed by atoms with Crippen LogP contribution in [-0.4, -0.2) is 28.8 Å². The molecule has 0 spiro atoms. The van der Waals surface area contributed by atoms with E-state index in [1.165, 1.54) is 12.1 Å². The van der Waals surface area contributed by atoms with Gasteiger partial charge in [0.1, 0.15) is 11.9 Å². The molecule has 0 saturated heterocycles. The molecule has 0 bridgehead atoms. The molecule has 1 N–H and O–H groups in total. The Morgan fingerprint density at radius 1 is 0.941 bits per heavy atom. The highest BCUT2D eigenvalue weighted by atomic mass is 35.5. The van der Waals surface area contributed by atoms with E-state index in [1.807, 2.05) is 74.5 Å². The zero-order valence-corrected chi connectivity index (χ0v) is 20.3. The Morgan fingerprint density at radius 3 is 2.15 bits per heavy atom. The standard InChI is InChI=1S/C28H30ClFN2O2/c1-3-20(2)31-28(34)26(17-21-11-6-4-7-12-21)32(19-22-13-8-5-9-14-22)27(33)18-23-24(29)15-10-16-25(23)30/h4-16,20,26H,3,17-19H2,1-2H3,(H,31,34). The predicted octanol–water partition coefficient (Wildman–Crippen LogP) is 5.58. The Balaban J connectivity index is 1.99. The lowest BCUT2D eigenvalue weighted by Gasteiger charge is -2.32. The Bertz CT molecular complexity index is 1070. The number of hydrogen-bond donors (Lipinski definition) is 1. The Hall–Kier alpha value is -3.18. The first-order valence-electron chi connectivity index (χ1n) is 11.5. The molecule has 0 heterocycles. The van der Waals surface area contributed by atoms with Crippen LogP contribution in [0.25, 0.3) is 0 Å². The van der Waals surface area contributed by atoms with Gasteiger partial charge in [0.25, 0.3) is 0 Å². The third-order valence-electron chi connectivity index (χ3n) is 5.86. The Kier molecular flexibility index (Phi) is 9.23. The first-order valence-corrected chi connectivity index (χ1v) is 11.9. The summed E-state index contributed by atoms with van der Waals surface area (Å²) in [7, 11) is 0. The summed E-state index contributed by atoms with van der Waals surface area (Å²) in [6, 6.07) is 22.6. The van der Waals surface area contributed by atoms with Crippen LogP contribution in [0.2, 0.25) is 5.02 Å². The molecule has 0 aromatic heterocycles. The average molecular weight is 481 g/mol. The second-order valence-electron chi connectivity index (χ2n) is 8.41. The summed E-state index contributed by atoms with van der Waals surface area (Å²) in [6.07, 6.45) is 0.869. The third kappa shape index (κ3) is 6.91. The summed E-state index contributed by atoms with van der Waals surface area (Å²) >= 11 is 6.21. The molecule has 0 saturated carbocycles. The van der Waals surface area contributed by atoms with Crippen LogP contribution in [0.1, 0.15) is 37.0 Å². The van der Waals surface area contributed by atoms with Crippen molar-refractivity contribution in [2.75, 3.05) is 0 Å². The van der Waals surface area contributed by atoms with Crippen LogP contribution in [0.15, 0.2) is 78.9 Å². The number of nitrogens with one attached hydrogen (secondary N) is 1. The monoisotopic (exact) mass is 480 g/mol. The van der Waals surface area contributed by atoms with E-state index >= 15 is 0 Å². The molecule has 3 rings (SSSR count). The molecule has 0 aliphatic rings. The molecule has 178 valence electrons. The molecule has 0 aliphatic carbocycles. The zero-order valence-electron chi connectivity index (χ0n) is 19.5. The SMILES string of the molecule is CCC(C)NC(=O)C(Cc1ccccc1)N(Cc1ccccc1)C(=O)Cc1c(F)cccc1Cl. The maximum Gasteiger partial charge on any atom is 0.243 e. The molecule has 2 amide bonds. The van der Waals surface area contributed by atoms with E-state index < -0.39 is 11.9 Å². The van der Waals surface area contributed by atoms with Crippen molar-refractivity contribution in [3.63, 3.8) is 0 Å². The number of nitrogens with zero attached hydrogens (tertiary/aromatic N) is 1. The number of amides is 2. The Labute approximate surface area is 205 Å². The molecule has 6 heteroatoms. The van der Waals surface area contributed by atoms with Crippen LogP contribution in [-0.2, 0) is 29.0 Å². The van der Waals surface area contributed by atoms with Gasteiger partial charge in [-0.2, -0.15) is 0 Å². The number of benzene rings is 3. The third-order valence-corrected chi connectivity index (χ3v) is 6.21. The van der Waals surface area contributed by atoms with Crippen molar-refractivity contribution in [3.05, 3.63) is 106 Å². The zero-order chi connectivity index (χ0) is 24.5. The van der Waals surface area contributed by atoms with E-state index in [1.54, 1.807) is 11.0 Å². The van der Waals surface area contributed by atoms with E-state index in [2.05, 4.69) is 5.32 Å². The van der Waals surface area contributed by atoms with E-state index in [0.29, 0.717) is 6.42 Å². The van der Waals surface area contributed by atoms with E-state index in [0.717, 1.165) is 17.5 Å². The molecule has 4 nitrogen and oxygen atoms in total. The van der Waals surface area contributed by atoms with Crippen molar-refractivity contribution in [2.45, 2.75) is 51.7 Å². The van der Waals surface area contributed by atoms with Crippen molar-refractivity contribution >= 4 is 23.4 Å². The smallest absolute Gasteiger partial charge is 0.243 e. The normalized spacial score (nSPS) is 12.6. The lowest BCUT2D eigenvalue weighted by molar-refractivity contribution is -0.141. The van der Waals surface area contributed by atoms with Gasteiger partial charge in [0, 0.05) is 29.6 Å². The highest BCUT2D eigenvalue weighted by Crippen LogP contribution is 2.22. The molecular formula is C28H30ClFN2O2. The first-order chi connectivity index (χ1) is 16.4. The van der Waals surface area contributed by atoms with E-state index in [4.69, 9.17) is 11.6 Å². The van der Waals surface area contributed by atoms with Crippen molar-refractivity contribution in [1.82, 2.24) is 10.2 Å². The van der Waals surface area contributed by atoms with E-state index in [9.17, 15) is 14.0 Å². The van der Waals surface area contributed by atoms with Crippen molar-refractivity contribution < 1.29 is 14.0 Å². The van der Waals surface area contributed by atoms with Crippen LogP contribution in [0.3, 0.4) is 0 Å². The van der Waals surface area contributed by atoms with Crippen LogP contribution in [0, 0.1) is 5.82 Å². The fourth-order valence-corrected chi connectivity index (χ4v) is 3.96. The fourth-order valence-electron chi connectivity index (χ4n) is 3.73. The van der Waals surface area contributed by atoms with Gasteiger partial charge < -0.3 is 10.2 Å². The molecule has 0 radical (unpaired) electrons. The van der Waals surface area contributed by atoms with Gasteiger partial charge in [-0.05, 0) is 36.6 Å². The molecule has 0 aliphatic heterocycles. The molecule has 3 aromatic rings. The largest absolute Gasteiger partial charge is 0.352 e. The Morgan fingerprint density at radius 2 is 1.56 bits per heavy atom. The van der Waals surface area contributed by atoms with Crippen molar-refractivity contribution in [3.8, 4) is 0 Å². The first kappa shape index (κ1) is 25.4. The number of hydrogen-bond acceptors (Lipinski definition) is 2.